The molecule has 1 fully saturated rings. The number of hydrogen-bond donors (Lipinski definition) is 0. The van der Waals surface area contributed by atoms with Crippen LogP contribution in [0.4, 0.5) is 0 Å². The fourth-order valence-corrected chi connectivity index (χ4v) is 4.18. The number of hydrogen-bond acceptors (Lipinski definition) is 2. The molecule has 2 atom stereocenters. The molecule has 0 N–H and O–H groups in total. The summed E-state index contributed by atoms with van der Waals surface area (Å²) in [6, 6.07) is 13.6. The molecule has 5 heteroatoms. The van der Waals surface area contributed by atoms with E-state index in [-0.39, 0.29) is 11.3 Å². The smallest absolute Gasteiger partial charge is 0.246 e. The van der Waals surface area contributed by atoms with E-state index in [2.05, 4.69) is 10.6 Å². The Hall–Kier alpha value is -1.39. The Kier molecular flexibility index (Phi) is 4.27. The summed E-state index contributed by atoms with van der Waals surface area (Å²) in [7, 11) is 2.01. The first-order chi connectivity index (χ1) is 10.2. The summed E-state index contributed by atoms with van der Waals surface area (Å²) >= 11 is 8.18. The highest BCUT2D eigenvalue weighted by Gasteiger charge is 2.35. The Morgan fingerprint density at radius 1 is 1.29 bits per heavy atom. The van der Waals surface area contributed by atoms with E-state index in [1.165, 1.54) is 0 Å². The van der Waals surface area contributed by atoms with Gasteiger partial charge in [-0.1, -0.05) is 30.3 Å². The molecule has 1 aromatic heterocycles. The molecule has 0 bridgehead atoms. The van der Waals surface area contributed by atoms with Gasteiger partial charge in [0.15, 0.2) is 0 Å². The van der Waals surface area contributed by atoms with E-state index >= 15 is 0 Å². The minimum Gasteiger partial charge on any atom is -0.352 e. The summed E-state index contributed by atoms with van der Waals surface area (Å²) < 4.78 is 2.06. The predicted octanol–water partition coefficient (Wildman–Crippen LogP) is 3.58. The van der Waals surface area contributed by atoms with Gasteiger partial charge < -0.3 is 9.47 Å². The molecule has 3 rings (SSSR count). The summed E-state index contributed by atoms with van der Waals surface area (Å²) in [6.45, 7) is 0.745. The standard InChI is InChI=1S/C16H17ClN2OS/c1-18-9-5-8-13(18)16-19(10-11-21-16)15(20)14(17)12-6-3-2-4-7-12/h2-9,14,16H,10-11H2,1H3/t14-,16+/m0/s1. The van der Waals surface area contributed by atoms with E-state index in [4.69, 9.17) is 11.6 Å². The quantitative estimate of drug-likeness (QED) is 0.808. The highest BCUT2D eigenvalue weighted by molar-refractivity contribution is 7.99. The van der Waals surface area contributed by atoms with Crippen molar-refractivity contribution in [2.24, 2.45) is 7.05 Å². The molecule has 0 saturated carbocycles. The van der Waals surface area contributed by atoms with Crippen LogP contribution < -0.4 is 0 Å². The van der Waals surface area contributed by atoms with Gasteiger partial charge in [0.25, 0.3) is 0 Å². The van der Waals surface area contributed by atoms with E-state index in [0.717, 1.165) is 23.6 Å². The van der Waals surface area contributed by atoms with E-state index in [1.54, 1.807) is 11.8 Å². The van der Waals surface area contributed by atoms with Gasteiger partial charge in [-0.3, -0.25) is 4.79 Å². The number of alkyl halides is 1. The largest absolute Gasteiger partial charge is 0.352 e. The summed E-state index contributed by atoms with van der Waals surface area (Å²) in [5.41, 5.74) is 1.99. The summed E-state index contributed by atoms with van der Waals surface area (Å²) in [5.74, 6) is 0.930. The zero-order valence-electron chi connectivity index (χ0n) is 11.8. The number of rotatable bonds is 3. The van der Waals surface area contributed by atoms with Crippen molar-refractivity contribution < 1.29 is 4.79 Å². The van der Waals surface area contributed by atoms with Crippen LogP contribution in [0.1, 0.15) is 22.0 Å². The van der Waals surface area contributed by atoms with Crippen LogP contribution in [-0.4, -0.2) is 27.7 Å². The maximum Gasteiger partial charge on any atom is 0.246 e. The third-order valence-corrected chi connectivity index (χ3v) is 5.39. The fourth-order valence-electron chi connectivity index (χ4n) is 2.58. The van der Waals surface area contributed by atoms with Gasteiger partial charge in [-0.15, -0.1) is 23.4 Å². The molecule has 1 amide bonds. The van der Waals surface area contributed by atoms with Gasteiger partial charge in [-0.2, -0.15) is 0 Å². The maximum absolute atomic E-state index is 12.7. The summed E-state index contributed by atoms with van der Waals surface area (Å²) in [4.78, 5) is 14.6. The lowest BCUT2D eigenvalue weighted by molar-refractivity contribution is -0.131. The number of nitrogens with zero attached hydrogens (tertiary/aromatic N) is 2. The van der Waals surface area contributed by atoms with Crippen LogP contribution in [0.25, 0.3) is 0 Å². The number of aryl methyl sites for hydroxylation is 1. The molecule has 2 heterocycles. The second-order valence-corrected chi connectivity index (χ2v) is 6.70. The lowest BCUT2D eigenvalue weighted by atomic mass is 10.1. The molecule has 3 nitrogen and oxygen atoms in total. The number of thioether (sulfide) groups is 1. The van der Waals surface area contributed by atoms with Gasteiger partial charge in [0.1, 0.15) is 10.8 Å². The zero-order valence-corrected chi connectivity index (χ0v) is 13.3. The number of aromatic nitrogens is 1. The molecule has 0 aliphatic carbocycles. The first-order valence-electron chi connectivity index (χ1n) is 6.91. The molecular formula is C16H17ClN2OS. The van der Waals surface area contributed by atoms with E-state index < -0.39 is 5.38 Å². The van der Waals surface area contributed by atoms with Gasteiger partial charge in [0.2, 0.25) is 5.91 Å². The van der Waals surface area contributed by atoms with Gasteiger partial charge in [-0.25, -0.2) is 0 Å². The molecule has 110 valence electrons. The summed E-state index contributed by atoms with van der Waals surface area (Å²) in [5, 5.41) is -0.560. The van der Waals surface area contributed by atoms with Crippen molar-refractivity contribution in [2.45, 2.75) is 10.8 Å². The van der Waals surface area contributed by atoms with Crippen LogP contribution in [0.2, 0.25) is 0 Å². The van der Waals surface area contributed by atoms with Crippen LogP contribution in [-0.2, 0) is 11.8 Å². The first kappa shape index (κ1) is 14.5. The predicted molar refractivity (Wildman–Crippen MR) is 87.4 cm³/mol. The minimum absolute atomic E-state index is 0.0148. The van der Waals surface area contributed by atoms with Gasteiger partial charge >= 0.3 is 0 Å². The van der Waals surface area contributed by atoms with E-state index in [1.807, 2.05) is 54.5 Å². The molecule has 0 radical (unpaired) electrons. The normalized spacial score (nSPS) is 19.7. The number of carbonyl (C=O) groups is 1. The second-order valence-electron chi connectivity index (χ2n) is 5.07. The fraction of sp³-hybridized carbons (Fsp3) is 0.312. The van der Waals surface area contributed by atoms with Gasteiger partial charge in [-0.05, 0) is 17.7 Å². The second kappa shape index (κ2) is 6.16. The average molecular weight is 321 g/mol. The molecule has 21 heavy (non-hydrogen) atoms. The number of amides is 1. The van der Waals surface area contributed by atoms with Crippen molar-refractivity contribution in [3.05, 3.63) is 59.9 Å². The molecule has 2 aromatic rings. The molecule has 1 aliphatic heterocycles. The number of carbonyl (C=O) groups excluding carboxylic acids is 1. The molecular weight excluding hydrogens is 304 g/mol. The van der Waals surface area contributed by atoms with Crippen molar-refractivity contribution in [3.63, 3.8) is 0 Å². The minimum atomic E-state index is -0.618. The maximum atomic E-state index is 12.7. The van der Waals surface area contributed by atoms with Gasteiger partial charge in [0.05, 0.1) is 5.69 Å². The Morgan fingerprint density at radius 2 is 2.05 bits per heavy atom. The van der Waals surface area contributed by atoms with Crippen LogP contribution in [0.5, 0.6) is 0 Å². The number of halogens is 1. The Morgan fingerprint density at radius 3 is 2.71 bits per heavy atom. The molecule has 1 saturated heterocycles. The highest BCUT2D eigenvalue weighted by atomic mass is 35.5. The van der Waals surface area contributed by atoms with Crippen molar-refractivity contribution in [3.8, 4) is 0 Å². The van der Waals surface area contributed by atoms with Crippen LogP contribution in [0, 0.1) is 0 Å². The van der Waals surface area contributed by atoms with E-state index in [9.17, 15) is 4.79 Å². The molecule has 0 unspecified atom stereocenters. The number of benzene rings is 1. The highest BCUT2D eigenvalue weighted by Crippen LogP contribution is 2.40. The van der Waals surface area contributed by atoms with Crippen molar-refractivity contribution in [1.82, 2.24) is 9.47 Å². The molecule has 0 spiro atoms. The Labute approximate surface area is 133 Å². The average Bonchev–Trinajstić information content (AvgIpc) is 3.14. The first-order valence-corrected chi connectivity index (χ1v) is 8.39. The Balaban J connectivity index is 1.82. The van der Waals surface area contributed by atoms with E-state index in [0.29, 0.717) is 0 Å². The van der Waals surface area contributed by atoms with Crippen molar-refractivity contribution in [2.75, 3.05) is 12.3 Å². The third kappa shape index (κ3) is 2.83. The van der Waals surface area contributed by atoms with Crippen molar-refractivity contribution in [1.29, 1.82) is 0 Å². The van der Waals surface area contributed by atoms with Crippen LogP contribution >= 0.6 is 23.4 Å². The molecule has 1 aromatic carbocycles. The Bertz CT molecular complexity index is 628. The summed E-state index contributed by atoms with van der Waals surface area (Å²) in [6.07, 6.45) is 2.01. The van der Waals surface area contributed by atoms with Crippen molar-refractivity contribution >= 4 is 29.3 Å². The third-order valence-electron chi connectivity index (χ3n) is 3.72. The SMILES string of the molecule is Cn1cccc1[C@H]1SCCN1C(=O)[C@@H](Cl)c1ccccc1. The van der Waals surface area contributed by atoms with Crippen LogP contribution in [0.3, 0.4) is 0 Å². The lowest BCUT2D eigenvalue weighted by Gasteiger charge is -2.26. The zero-order chi connectivity index (χ0) is 14.8. The molecule has 1 aliphatic rings. The topological polar surface area (TPSA) is 25.2 Å². The van der Waals surface area contributed by atoms with Gasteiger partial charge in [0, 0.05) is 25.5 Å². The lowest BCUT2D eigenvalue weighted by Crippen LogP contribution is -2.33. The van der Waals surface area contributed by atoms with Crippen LogP contribution in [0.15, 0.2) is 48.7 Å². The monoisotopic (exact) mass is 320 g/mol.